The molecule has 0 aliphatic rings. The van der Waals surface area contributed by atoms with Crippen LogP contribution in [0.2, 0.25) is 0 Å². The predicted octanol–water partition coefficient (Wildman–Crippen LogP) is 3.08. The highest BCUT2D eigenvalue weighted by atomic mass is 19.1. The number of hydrogen-bond donors (Lipinski definition) is 1. The van der Waals surface area contributed by atoms with Gasteiger partial charge >= 0.3 is 0 Å². The molecule has 2 rings (SSSR count). The highest BCUT2D eigenvalue weighted by Gasteiger charge is 2.20. The molecular formula is C18H20FN3O3. The lowest BCUT2D eigenvalue weighted by Crippen LogP contribution is -2.34. The van der Waals surface area contributed by atoms with Crippen molar-refractivity contribution in [2.45, 2.75) is 13.0 Å². The molecule has 0 spiro atoms. The van der Waals surface area contributed by atoms with Gasteiger partial charge < -0.3 is 10.2 Å². The Morgan fingerprint density at radius 2 is 1.88 bits per heavy atom. The number of amides is 1. The first kappa shape index (κ1) is 18.5. The van der Waals surface area contributed by atoms with Crippen LogP contribution in [0.5, 0.6) is 0 Å². The number of nitrogens with zero attached hydrogens (tertiary/aromatic N) is 2. The molecule has 1 amide bonds. The average Bonchev–Trinajstić information content (AvgIpc) is 2.56. The Balaban J connectivity index is 2.16. The Hall–Kier alpha value is -2.80. The third-order valence-electron chi connectivity index (χ3n) is 4.08. The molecule has 0 bridgehead atoms. The number of likely N-dealkylation sites (N-methyl/N-ethyl adjacent to an activating group) is 1. The van der Waals surface area contributed by atoms with E-state index in [0.29, 0.717) is 12.1 Å². The van der Waals surface area contributed by atoms with Crippen molar-refractivity contribution in [3.8, 4) is 0 Å². The van der Waals surface area contributed by atoms with Crippen molar-refractivity contribution in [1.82, 2.24) is 10.2 Å². The fourth-order valence-electron chi connectivity index (χ4n) is 2.64. The van der Waals surface area contributed by atoms with E-state index in [1.807, 2.05) is 19.0 Å². The van der Waals surface area contributed by atoms with Gasteiger partial charge in [0.1, 0.15) is 5.82 Å². The van der Waals surface area contributed by atoms with Crippen LogP contribution in [0.4, 0.5) is 10.1 Å². The predicted molar refractivity (Wildman–Crippen MR) is 93.0 cm³/mol. The number of carbonyl (C=O) groups excluding carboxylic acids is 1. The number of nitro benzene ring substituents is 1. The second-order valence-electron chi connectivity index (χ2n) is 5.95. The third-order valence-corrected chi connectivity index (χ3v) is 4.08. The Bertz CT molecular complexity index is 776. The van der Waals surface area contributed by atoms with Gasteiger partial charge in [0.2, 0.25) is 0 Å². The summed E-state index contributed by atoms with van der Waals surface area (Å²) in [5.41, 5.74) is 1.37. The molecule has 1 N–H and O–H groups in total. The Labute approximate surface area is 145 Å². The monoisotopic (exact) mass is 345 g/mol. The smallest absolute Gasteiger partial charge is 0.273 e. The largest absolute Gasteiger partial charge is 0.350 e. The van der Waals surface area contributed by atoms with Crippen LogP contribution in [0.1, 0.15) is 27.5 Å². The maximum atomic E-state index is 13.1. The molecule has 0 radical (unpaired) electrons. The number of rotatable bonds is 6. The Morgan fingerprint density at radius 3 is 2.44 bits per heavy atom. The van der Waals surface area contributed by atoms with E-state index in [-0.39, 0.29) is 29.0 Å². The zero-order chi connectivity index (χ0) is 18.6. The summed E-state index contributed by atoms with van der Waals surface area (Å²) < 4.78 is 13.1. The van der Waals surface area contributed by atoms with E-state index in [2.05, 4.69) is 5.32 Å². The Kier molecular flexibility index (Phi) is 5.82. The van der Waals surface area contributed by atoms with Gasteiger partial charge in [-0.05, 0) is 44.8 Å². The molecule has 0 saturated carbocycles. The summed E-state index contributed by atoms with van der Waals surface area (Å²) in [5, 5.41) is 13.8. The van der Waals surface area contributed by atoms with E-state index >= 15 is 0 Å². The fraction of sp³-hybridized carbons (Fsp3) is 0.278. The van der Waals surface area contributed by atoms with Crippen LogP contribution in [0.15, 0.2) is 42.5 Å². The van der Waals surface area contributed by atoms with Crippen molar-refractivity contribution in [3.63, 3.8) is 0 Å². The highest BCUT2D eigenvalue weighted by molar-refractivity contribution is 5.96. The first-order chi connectivity index (χ1) is 11.8. The molecular weight excluding hydrogens is 325 g/mol. The standard InChI is InChI=1S/C18H20FN3O3/c1-12-15(5-4-6-16(12)22(24)25)18(23)20-11-17(21(2)3)13-7-9-14(19)10-8-13/h4-10,17H,11H2,1-3H3,(H,20,23)/t17-/m1/s1. The zero-order valence-electron chi connectivity index (χ0n) is 14.3. The van der Waals surface area contributed by atoms with Crippen LogP contribution in [-0.4, -0.2) is 36.4 Å². The first-order valence-electron chi connectivity index (χ1n) is 7.75. The number of carbonyl (C=O) groups is 1. The van der Waals surface area contributed by atoms with Gasteiger partial charge in [0.25, 0.3) is 11.6 Å². The van der Waals surface area contributed by atoms with Gasteiger partial charge in [0.15, 0.2) is 0 Å². The quantitative estimate of drug-likeness (QED) is 0.645. The summed E-state index contributed by atoms with van der Waals surface area (Å²) in [4.78, 5) is 24.8. The molecule has 2 aromatic carbocycles. The number of hydrogen-bond acceptors (Lipinski definition) is 4. The SMILES string of the molecule is Cc1c(C(=O)NC[C@H](c2ccc(F)cc2)N(C)C)cccc1[N+](=O)[O-]. The van der Waals surface area contributed by atoms with E-state index in [1.165, 1.54) is 24.3 Å². The molecule has 1 atom stereocenters. The van der Waals surface area contributed by atoms with Crippen LogP contribution in [0, 0.1) is 22.9 Å². The number of nitro groups is 1. The fourth-order valence-corrected chi connectivity index (χ4v) is 2.64. The zero-order valence-corrected chi connectivity index (χ0v) is 14.3. The molecule has 6 nitrogen and oxygen atoms in total. The van der Waals surface area contributed by atoms with Crippen LogP contribution in [-0.2, 0) is 0 Å². The van der Waals surface area contributed by atoms with Gasteiger partial charge in [-0.25, -0.2) is 4.39 Å². The van der Waals surface area contributed by atoms with Gasteiger partial charge in [-0.1, -0.05) is 18.2 Å². The van der Waals surface area contributed by atoms with E-state index < -0.39 is 4.92 Å². The summed E-state index contributed by atoms with van der Waals surface area (Å²) in [6.07, 6.45) is 0. The summed E-state index contributed by atoms with van der Waals surface area (Å²) in [5.74, 6) is -0.701. The second kappa shape index (κ2) is 7.85. The summed E-state index contributed by atoms with van der Waals surface area (Å²) in [7, 11) is 3.72. The topological polar surface area (TPSA) is 75.5 Å². The molecule has 132 valence electrons. The molecule has 0 heterocycles. The number of nitrogens with one attached hydrogen (secondary N) is 1. The highest BCUT2D eigenvalue weighted by Crippen LogP contribution is 2.22. The van der Waals surface area contributed by atoms with Gasteiger partial charge in [-0.2, -0.15) is 0 Å². The van der Waals surface area contributed by atoms with Crippen LogP contribution in [0.25, 0.3) is 0 Å². The Morgan fingerprint density at radius 1 is 1.24 bits per heavy atom. The van der Waals surface area contributed by atoms with Gasteiger partial charge in [-0.15, -0.1) is 0 Å². The normalized spacial score (nSPS) is 12.0. The van der Waals surface area contributed by atoms with E-state index in [4.69, 9.17) is 0 Å². The van der Waals surface area contributed by atoms with E-state index in [1.54, 1.807) is 25.1 Å². The van der Waals surface area contributed by atoms with Crippen molar-refractivity contribution < 1.29 is 14.1 Å². The third kappa shape index (κ3) is 4.39. The maximum absolute atomic E-state index is 13.1. The molecule has 0 unspecified atom stereocenters. The lowest BCUT2D eigenvalue weighted by atomic mass is 10.0. The molecule has 25 heavy (non-hydrogen) atoms. The maximum Gasteiger partial charge on any atom is 0.273 e. The van der Waals surface area contributed by atoms with Crippen LogP contribution >= 0.6 is 0 Å². The molecule has 0 aliphatic carbocycles. The van der Waals surface area contributed by atoms with E-state index in [0.717, 1.165) is 5.56 Å². The van der Waals surface area contributed by atoms with Crippen LogP contribution < -0.4 is 5.32 Å². The number of halogens is 1. The minimum atomic E-state index is -0.507. The van der Waals surface area contributed by atoms with Crippen molar-refractivity contribution in [2.75, 3.05) is 20.6 Å². The first-order valence-corrected chi connectivity index (χ1v) is 7.75. The van der Waals surface area contributed by atoms with Crippen molar-refractivity contribution in [1.29, 1.82) is 0 Å². The van der Waals surface area contributed by atoms with Crippen molar-refractivity contribution in [3.05, 3.63) is 75.1 Å². The van der Waals surface area contributed by atoms with Crippen molar-refractivity contribution >= 4 is 11.6 Å². The summed E-state index contributed by atoms with van der Waals surface area (Å²) >= 11 is 0. The summed E-state index contributed by atoms with van der Waals surface area (Å²) in [6, 6.07) is 10.4. The minimum Gasteiger partial charge on any atom is -0.350 e. The molecule has 0 aliphatic heterocycles. The van der Waals surface area contributed by atoms with Crippen LogP contribution in [0.3, 0.4) is 0 Å². The van der Waals surface area contributed by atoms with Gasteiger partial charge in [0.05, 0.1) is 11.0 Å². The molecule has 0 aromatic heterocycles. The van der Waals surface area contributed by atoms with Crippen molar-refractivity contribution in [2.24, 2.45) is 0 Å². The summed E-state index contributed by atoms with van der Waals surface area (Å²) in [6.45, 7) is 1.84. The molecule has 7 heteroatoms. The van der Waals surface area contributed by atoms with Gasteiger partial charge in [-0.3, -0.25) is 14.9 Å². The second-order valence-corrected chi connectivity index (χ2v) is 5.95. The molecule has 0 fully saturated rings. The molecule has 0 saturated heterocycles. The number of benzene rings is 2. The molecule has 2 aromatic rings. The van der Waals surface area contributed by atoms with E-state index in [9.17, 15) is 19.3 Å². The average molecular weight is 345 g/mol. The lowest BCUT2D eigenvalue weighted by Gasteiger charge is -2.25. The minimum absolute atomic E-state index is 0.0876. The lowest BCUT2D eigenvalue weighted by molar-refractivity contribution is -0.385. The van der Waals surface area contributed by atoms with Gasteiger partial charge in [0, 0.05) is 23.7 Å².